The molecular formula is C18H24F3N3O. The van der Waals surface area contributed by atoms with Crippen LogP contribution < -0.4 is 9.80 Å². The Bertz CT molecular complexity index is 672. The zero-order valence-electron chi connectivity index (χ0n) is 15.0. The van der Waals surface area contributed by atoms with Crippen molar-refractivity contribution in [3.05, 3.63) is 17.8 Å². The van der Waals surface area contributed by atoms with E-state index in [1.807, 2.05) is 18.7 Å². The molecule has 0 aliphatic carbocycles. The summed E-state index contributed by atoms with van der Waals surface area (Å²) in [5, 5.41) is 0. The first-order chi connectivity index (χ1) is 11.6. The number of nitrogens with zero attached hydrogens (tertiary/aromatic N) is 3. The molecule has 138 valence electrons. The van der Waals surface area contributed by atoms with Gasteiger partial charge in [-0.1, -0.05) is 13.8 Å². The van der Waals surface area contributed by atoms with Crippen molar-refractivity contribution in [3.8, 4) is 0 Å². The van der Waals surface area contributed by atoms with Crippen LogP contribution in [0.3, 0.4) is 0 Å². The Balaban J connectivity index is 2.07. The van der Waals surface area contributed by atoms with Gasteiger partial charge in [0.25, 0.3) is 0 Å². The lowest BCUT2D eigenvalue weighted by molar-refractivity contribution is -0.138. The maximum atomic E-state index is 13.1. The predicted molar refractivity (Wildman–Crippen MR) is 90.6 cm³/mol. The van der Waals surface area contributed by atoms with Crippen LogP contribution in [0.4, 0.5) is 24.7 Å². The van der Waals surface area contributed by atoms with E-state index in [2.05, 4.69) is 18.8 Å². The van der Waals surface area contributed by atoms with Gasteiger partial charge in [0.05, 0.1) is 11.3 Å². The molecule has 0 bridgehead atoms. The molecule has 2 aliphatic heterocycles. The van der Waals surface area contributed by atoms with Crippen LogP contribution in [0.5, 0.6) is 0 Å². The van der Waals surface area contributed by atoms with Crippen molar-refractivity contribution in [1.82, 2.24) is 4.98 Å². The fourth-order valence-corrected chi connectivity index (χ4v) is 3.90. The van der Waals surface area contributed by atoms with Crippen molar-refractivity contribution >= 4 is 17.4 Å². The molecular weight excluding hydrogens is 331 g/mol. The normalized spacial score (nSPS) is 24.0. The Kier molecular flexibility index (Phi) is 4.45. The number of anilines is 2. The molecule has 0 saturated carbocycles. The minimum Gasteiger partial charge on any atom is -0.343 e. The average molecular weight is 355 g/mol. The van der Waals surface area contributed by atoms with Crippen LogP contribution in [0.15, 0.2) is 12.3 Å². The highest BCUT2D eigenvalue weighted by Crippen LogP contribution is 2.43. The van der Waals surface area contributed by atoms with E-state index in [1.54, 1.807) is 0 Å². The molecule has 1 aromatic rings. The number of rotatable bonds is 2. The molecule has 0 radical (unpaired) electrons. The molecule has 0 spiro atoms. The molecule has 4 nitrogen and oxygen atoms in total. The largest absolute Gasteiger partial charge is 0.417 e. The molecule has 2 aliphatic rings. The first-order valence-electron chi connectivity index (χ1n) is 8.78. The second kappa shape index (κ2) is 6.18. The van der Waals surface area contributed by atoms with E-state index >= 15 is 0 Å². The molecule has 2 atom stereocenters. The summed E-state index contributed by atoms with van der Waals surface area (Å²) in [5.41, 5.74) is -0.547. The number of fused-ring (bicyclic) bond motifs is 3. The van der Waals surface area contributed by atoms with Gasteiger partial charge in [-0.3, -0.25) is 4.79 Å². The van der Waals surface area contributed by atoms with Gasteiger partial charge in [0.2, 0.25) is 5.91 Å². The number of carbonyl (C=O) groups excluding carboxylic acids is 1. The molecule has 0 aromatic carbocycles. The average Bonchev–Trinajstić information content (AvgIpc) is 2.53. The SMILES string of the molecule is CC(C)C1CCN2c3ncc(C(F)(F)F)cc3N(C(C)C)C(=O)C2C1. The van der Waals surface area contributed by atoms with E-state index in [1.165, 1.54) is 4.90 Å². The van der Waals surface area contributed by atoms with Gasteiger partial charge in [-0.05, 0) is 44.6 Å². The third kappa shape index (κ3) is 3.09. The summed E-state index contributed by atoms with van der Waals surface area (Å²) >= 11 is 0. The molecule has 25 heavy (non-hydrogen) atoms. The molecule has 1 saturated heterocycles. The summed E-state index contributed by atoms with van der Waals surface area (Å²) in [5.74, 6) is 1.29. The molecule has 1 amide bonds. The van der Waals surface area contributed by atoms with Gasteiger partial charge < -0.3 is 9.80 Å². The number of amides is 1. The van der Waals surface area contributed by atoms with E-state index < -0.39 is 11.7 Å². The van der Waals surface area contributed by atoms with Crippen LogP contribution in [-0.4, -0.2) is 29.5 Å². The van der Waals surface area contributed by atoms with E-state index in [4.69, 9.17) is 0 Å². The minimum atomic E-state index is -4.48. The van der Waals surface area contributed by atoms with Gasteiger partial charge in [-0.25, -0.2) is 4.98 Å². The van der Waals surface area contributed by atoms with E-state index in [-0.39, 0.29) is 23.7 Å². The second-order valence-corrected chi connectivity index (χ2v) is 7.60. The van der Waals surface area contributed by atoms with Crippen LogP contribution in [0, 0.1) is 11.8 Å². The van der Waals surface area contributed by atoms with E-state index in [0.29, 0.717) is 24.2 Å². The molecule has 2 unspecified atom stereocenters. The predicted octanol–water partition coefficient (Wildman–Crippen LogP) is 4.10. The Morgan fingerprint density at radius 2 is 1.92 bits per heavy atom. The first-order valence-corrected chi connectivity index (χ1v) is 8.78. The molecule has 3 heterocycles. The first kappa shape index (κ1) is 18.0. The molecule has 1 aromatic heterocycles. The summed E-state index contributed by atoms with van der Waals surface area (Å²) in [6.45, 7) is 8.59. The molecule has 0 N–H and O–H groups in total. The van der Waals surface area contributed by atoms with Gasteiger partial charge in [0.15, 0.2) is 5.82 Å². The summed E-state index contributed by atoms with van der Waals surface area (Å²) in [7, 11) is 0. The smallest absolute Gasteiger partial charge is 0.343 e. The second-order valence-electron chi connectivity index (χ2n) is 7.60. The number of carbonyl (C=O) groups is 1. The standard InChI is InChI=1S/C18H24F3N3O/c1-10(2)12-5-6-23-15(7-12)17(25)24(11(3)4)14-8-13(18(19,20)21)9-22-16(14)23/h8-12,15H,5-7H2,1-4H3. The lowest BCUT2D eigenvalue weighted by Gasteiger charge is -2.48. The van der Waals surface area contributed by atoms with E-state index in [0.717, 1.165) is 25.1 Å². The monoisotopic (exact) mass is 355 g/mol. The number of hydrogen-bond acceptors (Lipinski definition) is 3. The number of halogens is 3. The Morgan fingerprint density at radius 3 is 2.48 bits per heavy atom. The fraction of sp³-hybridized carbons (Fsp3) is 0.667. The third-order valence-corrected chi connectivity index (χ3v) is 5.33. The van der Waals surface area contributed by atoms with Crippen LogP contribution in [-0.2, 0) is 11.0 Å². The highest BCUT2D eigenvalue weighted by molar-refractivity contribution is 6.05. The lowest BCUT2D eigenvalue weighted by Crippen LogP contribution is -2.59. The minimum absolute atomic E-state index is 0.117. The Hall–Kier alpha value is -1.79. The highest BCUT2D eigenvalue weighted by Gasteiger charge is 2.45. The zero-order valence-corrected chi connectivity index (χ0v) is 15.0. The topological polar surface area (TPSA) is 36.4 Å². The number of alkyl halides is 3. The Morgan fingerprint density at radius 1 is 1.24 bits per heavy atom. The van der Waals surface area contributed by atoms with Gasteiger partial charge in [0, 0.05) is 18.8 Å². The van der Waals surface area contributed by atoms with Crippen molar-refractivity contribution in [2.75, 3.05) is 16.3 Å². The zero-order chi connectivity index (χ0) is 18.5. The summed E-state index contributed by atoms with van der Waals surface area (Å²) in [4.78, 5) is 20.6. The van der Waals surface area contributed by atoms with Crippen molar-refractivity contribution in [1.29, 1.82) is 0 Å². The summed E-state index contributed by atoms with van der Waals surface area (Å²) in [6, 6.07) is 0.503. The number of hydrogen-bond donors (Lipinski definition) is 0. The summed E-state index contributed by atoms with van der Waals surface area (Å²) in [6.07, 6.45) is -1.96. The van der Waals surface area contributed by atoms with E-state index in [9.17, 15) is 18.0 Å². The number of piperidine rings is 1. The fourth-order valence-electron chi connectivity index (χ4n) is 3.90. The van der Waals surface area contributed by atoms with Crippen molar-refractivity contribution in [2.24, 2.45) is 11.8 Å². The van der Waals surface area contributed by atoms with Crippen molar-refractivity contribution < 1.29 is 18.0 Å². The lowest BCUT2D eigenvalue weighted by atomic mass is 9.81. The number of pyridine rings is 1. The van der Waals surface area contributed by atoms with Gasteiger partial charge in [-0.15, -0.1) is 0 Å². The maximum absolute atomic E-state index is 13.1. The third-order valence-electron chi connectivity index (χ3n) is 5.33. The number of aromatic nitrogens is 1. The van der Waals surface area contributed by atoms with Gasteiger partial charge in [0.1, 0.15) is 6.04 Å². The van der Waals surface area contributed by atoms with Crippen LogP contribution >= 0.6 is 0 Å². The van der Waals surface area contributed by atoms with Crippen LogP contribution in [0.2, 0.25) is 0 Å². The molecule has 1 fully saturated rings. The molecule has 3 rings (SSSR count). The highest BCUT2D eigenvalue weighted by atomic mass is 19.4. The quantitative estimate of drug-likeness (QED) is 0.801. The van der Waals surface area contributed by atoms with Gasteiger partial charge in [-0.2, -0.15) is 13.2 Å². The van der Waals surface area contributed by atoms with Crippen LogP contribution in [0.1, 0.15) is 46.1 Å². The van der Waals surface area contributed by atoms with Gasteiger partial charge >= 0.3 is 6.18 Å². The Labute approximate surface area is 146 Å². The van der Waals surface area contributed by atoms with Crippen LogP contribution in [0.25, 0.3) is 0 Å². The van der Waals surface area contributed by atoms with Crippen molar-refractivity contribution in [3.63, 3.8) is 0 Å². The van der Waals surface area contributed by atoms with Crippen molar-refractivity contribution in [2.45, 2.75) is 58.8 Å². The summed E-state index contributed by atoms with van der Waals surface area (Å²) < 4.78 is 39.3. The maximum Gasteiger partial charge on any atom is 0.417 e. The molecule has 7 heteroatoms.